The van der Waals surface area contributed by atoms with Gasteiger partial charge in [0.25, 0.3) is 0 Å². The van der Waals surface area contributed by atoms with E-state index in [2.05, 4.69) is 15.1 Å². The van der Waals surface area contributed by atoms with E-state index in [4.69, 9.17) is 10.9 Å². The van der Waals surface area contributed by atoms with Crippen LogP contribution in [0.3, 0.4) is 0 Å². The summed E-state index contributed by atoms with van der Waals surface area (Å²) in [4.78, 5) is 20.8. The zero-order valence-corrected chi connectivity index (χ0v) is 11.7. The molecular formula is C14H17N5O2. The molecule has 0 aliphatic heterocycles. The first-order chi connectivity index (χ1) is 10.1. The molecule has 0 aliphatic carbocycles. The number of aromatic amines is 1. The number of aromatic nitrogens is 2. The first-order valence-corrected chi connectivity index (χ1v) is 6.39. The number of carbonyl (C=O) groups excluding carboxylic acids is 1. The molecule has 21 heavy (non-hydrogen) atoms. The number of H-pyrrole nitrogens is 1. The van der Waals surface area contributed by atoms with E-state index in [0.29, 0.717) is 12.1 Å². The molecule has 4 N–H and O–H groups in total. The lowest BCUT2D eigenvalue weighted by Crippen LogP contribution is -2.28. The summed E-state index contributed by atoms with van der Waals surface area (Å²) in [5.41, 5.74) is 6.95. The Morgan fingerprint density at radius 1 is 1.43 bits per heavy atom. The van der Waals surface area contributed by atoms with Crippen LogP contribution in [0.25, 0.3) is 0 Å². The van der Waals surface area contributed by atoms with Gasteiger partial charge in [0.05, 0.1) is 13.0 Å². The van der Waals surface area contributed by atoms with Gasteiger partial charge in [-0.15, -0.1) is 0 Å². The van der Waals surface area contributed by atoms with E-state index in [1.807, 2.05) is 0 Å². The fraction of sp³-hybridized carbons (Fsp3) is 0.214. The number of nitrogens with one attached hydrogen (secondary N) is 1. The Labute approximate surface area is 122 Å². The summed E-state index contributed by atoms with van der Waals surface area (Å²) < 4.78 is 0. The summed E-state index contributed by atoms with van der Waals surface area (Å²) in [6, 6.07) is 6.99. The van der Waals surface area contributed by atoms with E-state index in [1.165, 1.54) is 0 Å². The van der Waals surface area contributed by atoms with Gasteiger partial charge in [-0.25, -0.2) is 4.98 Å². The maximum Gasteiger partial charge on any atom is 0.227 e. The van der Waals surface area contributed by atoms with Crippen LogP contribution in [0.1, 0.15) is 17.0 Å². The minimum atomic E-state index is -0.0112. The number of carbonyl (C=O) groups is 1. The molecule has 0 aliphatic rings. The van der Waals surface area contributed by atoms with Crippen LogP contribution >= 0.6 is 0 Å². The van der Waals surface area contributed by atoms with Crippen LogP contribution in [0.4, 0.5) is 0 Å². The minimum absolute atomic E-state index is 0.0112. The molecule has 1 amide bonds. The molecule has 1 heterocycles. The number of amides is 1. The average Bonchev–Trinajstić information content (AvgIpc) is 3.00. The Balaban J connectivity index is 1.96. The second-order valence-electron chi connectivity index (χ2n) is 4.64. The lowest BCUT2D eigenvalue weighted by molar-refractivity contribution is -0.129. The number of benzene rings is 1. The fourth-order valence-electron chi connectivity index (χ4n) is 1.86. The van der Waals surface area contributed by atoms with Crippen LogP contribution in [0.5, 0.6) is 0 Å². The molecule has 0 radical (unpaired) electrons. The zero-order chi connectivity index (χ0) is 15.2. The number of nitrogens with zero attached hydrogens (tertiary/aromatic N) is 3. The van der Waals surface area contributed by atoms with Gasteiger partial charge in [-0.1, -0.05) is 29.4 Å². The van der Waals surface area contributed by atoms with Crippen molar-refractivity contribution in [1.82, 2.24) is 14.9 Å². The SMILES string of the molecule is CN(Cc1ncc[nH]1)C(=O)Cc1ccc(C(N)=NO)cc1. The molecule has 0 fully saturated rings. The lowest BCUT2D eigenvalue weighted by atomic mass is 10.1. The van der Waals surface area contributed by atoms with E-state index in [9.17, 15) is 4.79 Å². The Kier molecular flexibility index (Phi) is 4.55. The summed E-state index contributed by atoms with van der Waals surface area (Å²) >= 11 is 0. The quantitative estimate of drug-likeness (QED) is 0.325. The van der Waals surface area contributed by atoms with Gasteiger partial charge in [-0.05, 0) is 5.56 Å². The smallest absolute Gasteiger partial charge is 0.227 e. The molecule has 0 unspecified atom stereocenters. The topological polar surface area (TPSA) is 108 Å². The third-order valence-electron chi connectivity index (χ3n) is 3.08. The molecule has 2 aromatic rings. The maximum atomic E-state index is 12.1. The summed E-state index contributed by atoms with van der Waals surface area (Å²) in [7, 11) is 1.73. The van der Waals surface area contributed by atoms with Gasteiger partial charge in [0.1, 0.15) is 5.82 Å². The second kappa shape index (κ2) is 6.56. The Morgan fingerprint density at radius 3 is 2.71 bits per heavy atom. The number of imidazole rings is 1. The Morgan fingerprint density at radius 2 is 2.14 bits per heavy atom. The third-order valence-corrected chi connectivity index (χ3v) is 3.08. The highest BCUT2D eigenvalue weighted by molar-refractivity contribution is 5.97. The highest BCUT2D eigenvalue weighted by Crippen LogP contribution is 2.07. The molecule has 110 valence electrons. The summed E-state index contributed by atoms with van der Waals surface area (Å²) in [5.74, 6) is 0.777. The predicted octanol–water partition coefficient (Wildman–Crippen LogP) is 0.705. The van der Waals surface area contributed by atoms with Crippen molar-refractivity contribution < 1.29 is 10.0 Å². The molecule has 7 heteroatoms. The van der Waals surface area contributed by atoms with Crippen molar-refractivity contribution in [3.8, 4) is 0 Å². The highest BCUT2D eigenvalue weighted by atomic mass is 16.4. The number of rotatable bonds is 5. The zero-order valence-electron chi connectivity index (χ0n) is 11.7. The van der Waals surface area contributed by atoms with Crippen molar-refractivity contribution in [2.45, 2.75) is 13.0 Å². The summed E-state index contributed by atoms with van der Waals surface area (Å²) in [6.07, 6.45) is 3.66. The molecule has 0 atom stereocenters. The first-order valence-electron chi connectivity index (χ1n) is 6.39. The van der Waals surface area contributed by atoms with Crippen LogP contribution in [0, 0.1) is 0 Å². The Hall–Kier alpha value is -2.83. The van der Waals surface area contributed by atoms with E-state index in [0.717, 1.165) is 11.4 Å². The van der Waals surface area contributed by atoms with Crippen molar-refractivity contribution in [2.24, 2.45) is 10.9 Å². The standard InChI is InChI=1S/C14H17N5O2/c1-19(9-12-16-6-7-17-12)13(20)8-10-2-4-11(5-3-10)14(15)18-21/h2-7,21H,8-9H2,1H3,(H2,15,18)(H,16,17). The first kappa shape index (κ1) is 14.6. The third kappa shape index (κ3) is 3.82. The van der Waals surface area contributed by atoms with E-state index in [1.54, 1.807) is 48.6 Å². The van der Waals surface area contributed by atoms with Crippen LogP contribution in [-0.2, 0) is 17.8 Å². The van der Waals surface area contributed by atoms with Gasteiger partial charge in [0.15, 0.2) is 5.84 Å². The molecule has 0 saturated carbocycles. The summed E-state index contributed by atoms with van der Waals surface area (Å²) in [5, 5.41) is 11.5. The van der Waals surface area contributed by atoms with Crippen molar-refractivity contribution >= 4 is 11.7 Å². The van der Waals surface area contributed by atoms with Gasteiger partial charge in [-0.2, -0.15) is 0 Å². The lowest BCUT2D eigenvalue weighted by Gasteiger charge is -2.15. The van der Waals surface area contributed by atoms with Gasteiger partial charge < -0.3 is 20.8 Å². The Bertz CT molecular complexity index is 619. The van der Waals surface area contributed by atoms with Crippen molar-refractivity contribution in [3.05, 3.63) is 53.6 Å². The van der Waals surface area contributed by atoms with Crippen molar-refractivity contribution in [3.63, 3.8) is 0 Å². The molecule has 1 aromatic heterocycles. The highest BCUT2D eigenvalue weighted by Gasteiger charge is 2.11. The number of hydrogen-bond acceptors (Lipinski definition) is 4. The monoisotopic (exact) mass is 287 g/mol. The van der Waals surface area contributed by atoms with Gasteiger partial charge in [0, 0.05) is 25.0 Å². The molecule has 1 aromatic carbocycles. The van der Waals surface area contributed by atoms with Crippen LogP contribution in [0.2, 0.25) is 0 Å². The normalized spacial score (nSPS) is 11.4. The number of hydrogen-bond donors (Lipinski definition) is 3. The fourth-order valence-corrected chi connectivity index (χ4v) is 1.86. The number of nitrogens with two attached hydrogens (primary N) is 1. The summed E-state index contributed by atoms with van der Waals surface area (Å²) in [6.45, 7) is 0.439. The molecule has 0 spiro atoms. The van der Waals surface area contributed by atoms with E-state index >= 15 is 0 Å². The predicted molar refractivity (Wildman–Crippen MR) is 77.7 cm³/mol. The van der Waals surface area contributed by atoms with Gasteiger partial charge in [0.2, 0.25) is 5.91 Å². The molecular weight excluding hydrogens is 270 g/mol. The molecule has 0 saturated heterocycles. The van der Waals surface area contributed by atoms with Crippen LogP contribution in [-0.4, -0.2) is 38.9 Å². The van der Waals surface area contributed by atoms with Gasteiger partial charge >= 0.3 is 0 Å². The molecule has 0 bridgehead atoms. The second-order valence-corrected chi connectivity index (χ2v) is 4.64. The average molecular weight is 287 g/mol. The van der Waals surface area contributed by atoms with E-state index < -0.39 is 0 Å². The number of oxime groups is 1. The molecule has 2 rings (SSSR count). The largest absolute Gasteiger partial charge is 0.409 e. The number of likely N-dealkylation sites (N-methyl/N-ethyl adjacent to an activating group) is 1. The van der Waals surface area contributed by atoms with Crippen LogP contribution in [0.15, 0.2) is 41.8 Å². The number of amidine groups is 1. The molecule has 7 nitrogen and oxygen atoms in total. The minimum Gasteiger partial charge on any atom is -0.409 e. The van der Waals surface area contributed by atoms with Crippen molar-refractivity contribution in [1.29, 1.82) is 0 Å². The van der Waals surface area contributed by atoms with E-state index in [-0.39, 0.29) is 18.2 Å². The maximum absolute atomic E-state index is 12.1. The van der Waals surface area contributed by atoms with Gasteiger partial charge in [-0.3, -0.25) is 4.79 Å². The van der Waals surface area contributed by atoms with Crippen LogP contribution < -0.4 is 5.73 Å². The van der Waals surface area contributed by atoms with Crippen molar-refractivity contribution in [2.75, 3.05) is 7.05 Å².